The standard InChI is InChI=1S/C15H23NO3S/c1-11(2)13-6-4-12(5-7-13)10-15(17)14(16)8-9-20(3,18)19/h4-7,11,14H,8-10,16H2,1-3H3. The third-order valence-electron chi connectivity index (χ3n) is 3.24. The van der Waals surface area contributed by atoms with Gasteiger partial charge in [-0.2, -0.15) is 0 Å². The summed E-state index contributed by atoms with van der Waals surface area (Å²) in [6.07, 6.45) is 1.58. The highest BCUT2D eigenvalue weighted by Crippen LogP contribution is 2.15. The molecule has 0 aliphatic rings. The van der Waals surface area contributed by atoms with E-state index in [1.54, 1.807) is 0 Å². The molecule has 0 aliphatic carbocycles. The zero-order valence-corrected chi connectivity index (χ0v) is 13.1. The van der Waals surface area contributed by atoms with Crippen LogP contribution in [0.5, 0.6) is 0 Å². The average Bonchev–Trinajstić information content (AvgIpc) is 2.35. The number of sulfone groups is 1. The third-order valence-corrected chi connectivity index (χ3v) is 4.22. The Morgan fingerprint density at radius 3 is 2.20 bits per heavy atom. The first kappa shape index (κ1) is 16.9. The van der Waals surface area contributed by atoms with Crippen LogP contribution in [0.3, 0.4) is 0 Å². The van der Waals surface area contributed by atoms with E-state index in [0.717, 1.165) is 11.8 Å². The van der Waals surface area contributed by atoms with E-state index in [2.05, 4.69) is 13.8 Å². The average molecular weight is 297 g/mol. The van der Waals surface area contributed by atoms with E-state index in [9.17, 15) is 13.2 Å². The maximum absolute atomic E-state index is 11.9. The van der Waals surface area contributed by atoms with E-state index >= 15 is 0 Å². The van der Waals surface area contributed by atoms with Gasteiger partial charge in [0.2, 0.25) is 0 Å². The maximum atomic E-state index is 11.9. The molecule has 20 heavy (non-hydrogen) atoms. The van der Waals surface area contributed by atoms with E-state index in [-0.39, 0.29) is 24.4 Å². The molecule has 1 aromatic carbocycles. The maximum Gasteiger partial charge on any atom is 0.153 e. The van der Waals surface area contributed by atoms with Gasteiger partial charge < -0.3 is 5.73 Å². The van der Waals surface area contributed by atoms with Gasteiger partial charge in [0, 0.05) is 12.7 Å². The van der Waals surface area contributed by atoms with Crippen molar-refractivity contribution in [3.8, 4) is 0 Å². The molecule has 0 spiro atoms. The van der Waals surface area contributed by atoms with Gasteiger partial charge >= 0.3 is 0 Å². The van der Waals surface area contributed by atoms with Crippen molar-refractivity contribution < 1.29 is 13.2 Å². The summed E-state index contributed by atoms with van der Waals surface area (Å²) in [4.78, 5) is 11.9. The summed E-state index contributed by atoms with van der Waals surface area (Å²) < 4.78 is 22.1. The molecule has 0 saturated heterocycles. The van der Waals surface area contributed by atoms with E-state index in [0.29, 0.717) is 5.92 Å². The summed E-state index contributed by atoms with van der Waals surface area (Å²) in [5, 5.41) is 0. The lowest BCUT2D eigenvalue weighted by Gasteiger charge is -2.11. The number of benzene rings is 1. The molecule has 2 N–H and O–H groups in total. The van der Waals surface area contributed by atoms with Crippen molar-refractivity contribution in [2.45, 2.75) is 38.6 Å². The monoisotopic (exact) mass is 297 g/mol. The fraction of sp³-hybridized carbons (Fsp3) is 0.533. The van der Waals surface area contributed by atoms with Gasteiger partial charge in [-0.25, -0.2) is 8.42 Å². The lowest BCUT2D eigenvalue weighted by atomic mass is 9.98. The van der Waals surface area contributed by atoms with Crippen molar-refractivity contribution in [2.75, 3.05) is 12.0 Å². The zero-order valence-electron chi connectivity index (χ0n) is 12.3. The van der Waals surface area contributed by atoms with Gasteiger partial charge in [0.25, 0.3) is 0 Å². The molecule has 0 radical (unpaired) electrons. The fourth-order valence-corrected chi connectivity index (χ4v) is 2.54. The number of rotatable bonds is 7. The van der Waals surface area contributed by atoms with Crippen LogP contribution in [0.4, 0.5) is 0 Å². The summed E-state index contributed by atoms with van der Waals surface area (Å²) in [6, 6.07) is 7.16. The molecule has 0 aromatic heterocycles. The van der Waals surface area contributed by atoms with Gasteiger partial charge in [0.15, 0.2) is 5.78 Å². The number of carbonyl (C=O) groups excluding carboxylic acids is 1. The predicted octanol–water partition coefficient (Wildman–Crippen LogP) is 1.68. The normalized spacial score (nSPS) is 13.4. The van der Waals surface area contributed by atoms with Gasteiger partial charge in [0.05, 0.1) is 11.8 Å². The highest BCUT2D eigenvalue weighted by Gasteiger charge is 2.16. The Morgan fingerprint density at radius 2 is 1.75 bits per heavy atom. The quantitative estimate of drug-likeness (QED) is 0.830. The molecule has 0 heterocycles. The zero-order chi connectivity index (χ0) is 15.3. The highest BCUT2D eigenvalue weighted by molar-refractivity contribution is 7.90. The van der Waals surface area contributed by atoms with Gasteiger partial charge in [-0.15, -0.1) is 0 Å². The molecule has 0 fully saturated rings. The molecule has 0 saturated carbocycles. The summed E-state index contributed by atoms with van der Waals surface area (Å²) in [6.45, 7) is 4.22. The Bertz CT molecular complexity index is 547. The Kier molecular flexibility index (Phi) is 5.89. The molecule has 4 nitrogen and oxygen atoms in total. The van der Waals surface area contributed by atoms with Crippen molar-refractivity contribution >= 4 is 15.6 Å². The largest absolute Gasteiger partial charge is 0.321 e. The van der Waals surface area contributed by atoms with E-state index in [1.165, 1.54) is 5.56 Å². The Hall–Kier alpha value is -1.20. The van der Waals surface area contributed by atoms with Crippen LogP contribution in [0, 0.1) is 0 Å². The number of hydrogen-bond acceptors (Lipinski definition) is 4. The lowest BCUT2D eigenvalue weighted by Crippen LogP contribution is -2.33. The second-order valence-electron chi connectivity index (χ2n) is 5.56. The molecule has 5 heteroatoms. The minimum absolute atomic E-state index is 0.0494. The van der Waals surface area contributed by atoms with Crippen molar-refractivity contribution in [2.24, 2.45) is 5.73 Å². The molecule has 1 rings (SSSR count). The second kappa shape index (κ2) is 6.99. The minimum atomic E-state index is -3.07. The van der Waals surface area contributed by atoms with Gasteiger partial charge in [-0.05, 0) is 23.5 Å². The van der Waals surface area contributed by atoms with Crippen LogP contribution in [0.15, 0.2) is 24.3 Å². The molecule has 0 aliphatic heterocycles. The van der Waals surface area contributed by atoms with E-state index in [1.807, 2.05) is 24.3 Å². The van der Waals surface area contributed by atoms with E-state index in [4.69, 9.17) is 5.73 Å². The van der Waals surface area contributed by atoms with E-state index < -0.39 is 15.9 Å². The number of nitrogens with two attached hydrogens (primary N) is 1. The predicted molar refractivity (Wildman–Crippen MR) is 81.5 cm³/mol. The van der Waals surface area contributed by atoms with Crippen molar-refractivity contribution in [1.29, 1.82) is 0 Å². The third kappa shape index (κ3) is 5.84. The molecule has 1 unspecified atom stereocenters. The smallest absolute Gasteiger partial charge is 0.153 e. The van der Waals surface area contributed by atoms with Crippen molar-refractivity contribution in [3.63, 3.8) is 0 Å². The Labute approximate surface area is 121 Å². The van der Waals surface area contributed by atoms with Crippen molar-refractivity contribution in [3.05, 3.63) is 35.4 Å². The fourth-order valence-electron chi connectivity index (χ4n) is 1.85. The molecular weight excluding hydrogens is 274 g/mol. The van der Waals surface area contributed by atoms with Gasteiger partial charge in [-0.3, -0.25) is 4.79 Å². The van der Waals surface area contributed by atoms with Crippen LogP contribution in [0.1, 0.15) is 37.3 Å². The minimum Gasteiger partial charge on any atom is -0.321 e. The van der Waals surface area contributed by atoms with Gasteiger partial charge in [0.1, 0.15) is 9.84 Å². The molecule has 0 bridgehead atoms. The first-order chi connectivity index (χ1) is 9.19. The molecule has 112 valence electrons. The van der Waals surface area contributed by atoms with Crippen molar-refractivity contribution in [1.82, 2.24) is 0 Å². The van der Waals surface area contributed by atoms with Crippen LogP contribution >= 0.6 is 0 Å². The molecule has 1 aromatic rings. The summed E-state index contributed by atoms with van der Waals surface area (Å²) in [5.41, 5.74) is 7.87. The lowest BCUT2D eigenvalue weighted by molar-refractivity contribution is -0.119. The summed E-state index contributed by atoms with van der Waals surface area (Å²) in [7, 11) is -3.07. The SMILES string of the molecule is CC(C)c1ccc(CC(=O)C(N)CCS(C)(=O)=O)cc1. The van der Waals surface area contributed by atoms with Crippen LogP contribution < -0.4 is 5.73 Å². The number of ketones is 1. The molecule has 0 amide bonds. The first-order valence-electron chi connectivity index (χ1n) is 6.74. The summed E-state index contributed by atoms with van der Waals surface area (Å²) >= 11 is 0. The topological polar surface area (TPSA) is 77.2 Å². The van der Waals surface area contributed by atoms with Crippen LogP contribution in [-0.2, 0) is 21.1 Å². The van der Waals surface area contributed by atoms with Crippen LogP contribution in [-0.4, -0.2) is 32.3 Å². The Balaban J connectivity index is 2.57. The number of carbonyl (C=O) groups is 1. The van der Waals surface area contributed by atoms with Gasteiger partial charge in [-0.1, -0.05) is 38.1 Å². The first-order valence-corrected chi connectivity index (χ1v) is 8.80. The number of hydrogen-bond donors (Lipinski definition) is 1. The second-order valence-corrected chi connectivity index (χ2v) is 7.82. The Morgan fingerprint density at radius 1 is 1.20 bits per heavy atom. The van der Waals surface area contributed by atoms with Crippen LogP contribution in [0.25, 0.3) is 0 Å². The highest BCUT2D eigenvalue weighted by atomic mass is 32.2. The summed E-state index contributed by atoms with van der Waals surface area (Å²) in [5.74, 6) is 0.286. The molecular formula is C15H23NO3S. The van der Waals surface area contributed by atoms with Crippen LogP contribution in [0.2, 0.25) is 0 Å². The molecule has 1 atom stereocenters. The number of Topliss-reactive ketones (excluding diaryl/α,β-unsaturated/α-hetero) is 1.